The Balaban J connectivity index is 4.40. The number of phosphoric acid groups is 1. The minimum absolute atomic E-state index is 0.0314. The summed E-state index contributed by atoms with van der Waals surface area (Å²) in [5.74, 6) is -0.826. The van der Waals surface area contributed by atoms with Gasteiger partial charge in [0.25, 0.3) is 0 Å². The number of carbonyl (C=O) groups is 2. The molecular weight excluding hydrogens is 617 g/mol. The van der Waals surface area contributed by atoms with E-state index in [1.54, 1.807) is 0 Å². The smallest absolute Gasteiger partial charge is 0.462 e. The van der Waals surface area contributed by atoms with Gasteiger partial charge in [-0.05, 0) is 38.5 Å². The summed E-state index contributed by atoms with van der Waals surface area (Å²) < 4.78 is 34.0. The fourth-order valence-electron chi connectivity index (χ4n) is 5.01. The zero-order chi connectivity index (χ0) is 35.1. The van der Waals surface area contributed by atoms with Crippen LogP contribution in [0.3, 0.4) is 0 Å². The van der Waals surface area contributed by atoms with Crippen LogP contribution in [0, 0.1) is 0 Å². The standard InChI is InChI=1S/C37H72NO8P/c1-6-8-10-12-14-16-17-18-19-20-21-22-24-25-27-29-36(39)43-33-35(34-45-47(41,42)44-32-31-38(3,4)5)46-37(40)30-28-26-23-15-13-11-9-7-2/h21-22,35H,6-20,23-34H2,1-5H3/p+1/b22-21+/t35-/m0/s1. The van der Waals surface area contributed by atoms with Crippen LogP contribution in [0.15, 0.2) is 12.2 Å². The Morgan fingerprint density at radius 2 is 1.09 bits per heavy atom. The molecule has 278 valence electrons. The zero-order valence-electron chi connectivity index (χ0n) is 31.0. The molecule has 0 aromatic heterocycles. The molecule has 0 bridgehead atoms. The van der Waals surface area contributed by atoms with Gasteiger partial charge in [-0.2, -0.15) is 0 Å². The van der Waals surface area contributed by atoms with Crippen LogP contribution in [0.25, 0.3) is 0 Å². The summed E-state index contributed by atoms with van der Waals surface area (Å²) in [6.45, 7) is 4.35. The first kappa shape index (κ1) is 45.8. The number of carbonyl (C=O) groups excluding carboxylic acids is 2. The number of nitrogens with zero attached hydrogens (tertiary/aromatic N) is 1. The van der Waals surface area contributed by atoms with E-state index in [2.05, 4.69) is 26.0 Å². The molecule has 0 saturated carbocycles. The third-order valence-corrected chi connectivity index (χ3v) is 9.03. The van der Waals surface area contributed by atoms with Gasteiger partial charge in [0.2, 0.25) is 0 Å². The van der Waals surface area contributed by atoms with Gasteiger partial charge in [-0.3, -0.25) is 18.6 Å². The molecule has 47 heavy (non-hydrogen) atoms. The lowest BCUT2D eigenvalue weighted by Gasteiger charge is -2.24. The average Bonchev–Trinajstić information content (AvgIpc) is 3.01. The van der Waals surface area contributed by atoms with Crippen molar-refractivity contribution in [2.24, 2.45) is 0 Å². The highest BCUT2D eigenvalue weighted by atomic mass is 31.2. The molecular formula is C37H73NO8P+. The van der Waals surface area contributed by atoms with Crippen molar-refractivity contribution >= 4 is 19.8 Å². The molecule has 0 heterocycles. The van der Waals surface area contributed by atoms with Crippen LogP contribution in [0.4, 0.5) is 0 Å². The van der Waals surface area contributed by atoms with Crippen LogP contribution in [-0.4, -0.2) is 74.9 Å². The van der Waals surface area contributed by atoms with Gasteiger partial charge in [0, 0.05) is 12.8 Å². The predicted molar refractivity (Wildman–Crippen MR) is 192 cm³/mol. The van der Waals surface area contributed by atoms with Crippen molar-refractivity contribution in [1.82, 2.24) is 0 Å². The molecule has 0 rings (SSSR count). The van der Waals surface area contributed by atoms with Gasteiger partial charge >= 0.3 is 19.8 Å². The quantitative estimate of drug-likeness (QED) is 0.0234. The molecule has 0 fully saturated rings. The number of likely N-dealkylation sites (N-methyl/N-ethyl adjacent to an activating group) is 1. The molecule has 0 saturated heterocycles. The van der Waals surface area contributed by atoms with Gasteiger partial charge in [0.05, 0.1) is 27.7 Å². The Morgan fingerprint density at radius 3 is 1.62 bits per heavy atom. The summed E-state index contributed by atoms with van der Waals surface area (Å²) in [7, 11) is 1.47. The number of unbranched alkanes of at least 4 members (excludes halogenated alkanes) is 18. The van der Waals surface area contributed by atoms with E-state index in [0.717, 1.165) is 38.5 Å². The van der Waals surface area contributed by atoms with E-state index >= 15 is 0 Å². The lowest BCUT2D eigenvalue weighted by molar-refractivity contribution is -0.870. The van der Waals surface area contributed by atoms with Crippen LogP contribution in [-0.2, 0) is 32.7 Å². The average molecular weight is 691 g/mol. The Bertz CT molecular complexity index is 830. The number of ether oxygens (including phenoxy) is 2. The number of hydrogen-bond acceptors (Lipinski definition) is 7. The van der Waals surface area contributed by atoms with Crippen molar-refractivity contribution in [3.05, 3.63) is 12.2 Å². The van der Waals surface area contributed by atoms with Gasteiger partial charge in [-0.15, -0.1) is 0 Å². The van der Waals surface area contributed by atoms with Gasteiger partial charge in [0.1, 0.15) is 19.8 Å². The van der Waals surface area contributed by atoms with Crippen molar-refractivity contribution in [2.75, 3.05) is 47.5 Å². The van der Waals surface area contributed by atoms with Crippen LogP contribution in [0.1, 0.15) is 162 Å². The van der Waals surface area contributed by atoms with Crippen molar-refractivity contribution in [1.29, 1.82) is 0 Å². The van der Waals surface area contributed by atoms with Gasteiger partial charge in [-0.25, -0.2) is 4.57 Å². The normalized spacial score (nSPS) is 13.9. The summed E-state index contributed by atoms with van der Waals surface area (Å²) in [5, 5.41) is 0. The number of quaternary nitrogens is 1. The number of hydrogen-bond donors (Lipinski definition) is 1. The first-order valence-corrected chi connectivity index (χ1v) is 20.4. The maximum absolute atomic E-state index is 12.5. The molecule has 0 aliphatic rings. The lowest BCUT2D eigenvalue weighted by Crippen LogP contribution is -2.37. The molecule has 0 aliphatic carbocycles. The SMILES string of the molecule is CCCCCCCCCCC/C=C/CCCCC(=O)OC[C@@H](COP(=O)(O)OCC[N+](C)(C)C)OC(=O)CCCCCCCCCC. The van der Waals surface area contributed by atoms with Crippen molar-refractivity contribution in [2.45, 2.75) is 168 Å². The molecule has 1 N–H and O–H groups in total. The summed E-state index contributed by atoms with van der Waals surface area (Å²) >= 11 is 0. The molecule has 9 nitrogen and oxygen atoms in total. The highest BCUT2D eigenvalue weighted by molar-refractivity contribution is 7.47. The van der Waals surface area contributed by atoms with Gasteiger partial charge in [0.15, 0.2) is 6.10 Å². The van der Waals surface area contributed by atoms with Crippen molar-refractivity contribution in [3.8, 4) is 0 Å². The summed E-state index contributed by atoms with van der Waals surface area (Å²) in [5.41, 5.74) is 0. The maximum Gasteiger partial charge on any atom is 0.472 e. The fraction of sp³-hybridized carbons (Fsp3) is 0.892. The Labute approximate surface area is 288 Å². The third kappa shape index (κ3) is 34.4. The Hall–Kier alpha value is -1.25. The number of rotatable bonds is 34. The molecule has 0 aromatic carbocycles. The van der Waals surface area contributed by atoms with E-state index in [1.165, 1.54) is 83.5 Å². The zero-order valence-corrected chi connectivity index (χ0v) is 31.9. The molecule has 2 atom stereocenters. The number of esters is 2. The molecule has 0 aliphatic heterocycles. The largest absolute Gasteiger partial charge is 0.472 e. The van der Waals surface area contributed by atoms with E-state index < -0.39 is 26.5 Å². The highest BCUT2D eigenvalue weighted by Gasteiger charge is 2.27. The van der Waals surface area contributed by atoms with E-state index in [0.29, 0.717) is 23.9 Å². The highest BCUT2D eigenvalue weighted by Crippen LogP contribution is 2.43. The van der Waals surface area contributed by atoms with Crippen LogP contribution >= 0.6 is 7.82 Å². The summed E-state index contributed by atoms with van der Waals surface area (Å²) in [6.07, 6.45) is 28.4. The minimum atomic E-state index is -4.36. The van der Waals surface area contributed by atoms with Crippen LogP contribution in [0.5, 0.6) is 0 Å². The summed E-state index contributed by atoms with van der Waals surface area (Å²) in [6, 6.07) is 0. The number of allylic oxidation sites excluding steroid dienone is 2. The fourth-order valence-corrected chi connectivity index (χ4v) is 5.75. The Kier molecular flexibility index (Phi) is 30.0. The van der Waals surface area contributed by atoms with E-state index in [-0.39, 0.29) is 32.0 Å². The summed E-state index contributed by atoms with van der Waals surface area (Å²) in [4.78, 5) is 35.0. The number of phosphoric ester groups is 1. The molecule has 0 aromatic rings. The predicted octanol–water partition coefficient (Wildman–Crippen LogP) is 9.85. The molecule has 1 unspecified atom stereocenters. The topological polar surface area (TPSA) is 108 Å². The monoisotopic (exact) mass is 691 g/mol. The second kappa shape index (κ2) is 30.8. The molecule has 0 amide bonds. The molecule has 10 heteroatoms. The van der Waals surface area contributed by atoms with E-state index in [9.17, 15) is 19.0 Å². The van der Waals surface area contributed by atoms with Crippen LogP contribution in [0.2, 0.25) is 0 Å². The lowest BCUT2D eigenvalue weighted by atomic mass is 10.1. The van der Waals surface area contributed by atoms with E-state index in [4.69, 9.17) is 18.5 Å². The molecule has 0 radical (unpaired) electrons. The van der Waals surface area contributed by atoms with Gasteiger partial charge < -0.3 is 18.9 Å². The first-order chi connectivity index (χ1) is 22.5. The minimum Gasteiger partial charge on any atom is -0.462 e. The molecule has 0 spiro atoms. The van der Waals surface area contributed by atoms with Crippen LogP contribution < -0.4 is 0 Å². The maximum atomic E-state index is 12.5. The van der Waals surface area contributed by atoms with Crippen molar-refractivity contribution < 1.29 is 42.1 Å². The van der Waals surface area contributed by atoms with Gasteiger partial charge in [-0.1, -0.05) is 122 Å². The first-order valence-electron chi connectivity index (χ1n) is 18.9. The van der Waals surface area contributed by atoms with Crippen molar-refractivity contribution in [3.63, 3.8) is 0 Å². The third-order valence-electron chi connectivity index (χ3n) is 8.05. The second-order valence-electron chi connectivity index (χ2n) is 14.0. The second-order valence-corrected chi connectivity index (χ2v) is 15.4. The Morgan fingerprint density at radius 1 is 0.638 bits per heavy atom. The van der Waals surface area contributed by atoms with E-state index in [1.807, 2.05) is 21.1 Å².